The number of oxazole rings is 1. The molecule has 0 bridgehead atoms. The maximum atomic E-state index is 11.5. The lowest BCUT2D eigenvalue weighted by Crippen LogP contribution is -2.05. The van der Waals surface area contributed by atoms with Crippen molar-refractivity contribution in [3.05, 3.63) is 101 Å². The fraction of sp³-hybridized carbons (Fsp3) is 0.200. The minimum Gasteiger partial charge on any atom is -0.497 e. The van der Waals surface area contributed by atoms with Crippen molar-refractivity contribution in [2.24, 2.45) is 0 Å². The molecule has 0 unspecified atom stereocenters. The third-order valence-electron chi connectivity index (χ3n) is 5.78. The lowest BCUT2D eigenvalue weighted by molar-refractivity contribution is -0.135. The van der Waals surface area contributed by atoms with Gasteiger partial charge in [0.25, 0.3) is 0 Å². The van der Waals surface area contributed by atoms with Gasteiger partial charge in [0.2, 0.25) is 11.6 Å². The molecule has 4 rings (SSSR count). The van der Waals surface area contributed by atoms with E-state index in [0.717, 1.165) is 28.3 Å². The van der Waals surface area contributed by atoms with Gasteiger partial charge in [-0.3, -0.25) is 0 Å². The first-order valence-corrected chi connectivity index (χ1v) is 12.0. The Hall–Kier alpha value is -4.72. The van der Waals surface area contributed by atoms with Crippen LogP contribution < -0.4 is 14.2 Å². The molecule has 0 aliphatic heterocycles. The highest BCUT2D eigenvalue weighted by atomic mass is 16.5. The van der Waals surface area contributed by atoms with Gasteiger partial charge in [-0.1, -0.05) is 30.3 Å². The summed E-state index contributed by atoms with van der Waals surface area (Å²) in [6.45, 7) is 2.52. The van der Waals surface area contributed by atoms with Gasteiger partial charge < -0.3 is 28.5 Å². The average molecular weight is 516 g/mol. The van der Waals surface area contributed by atoms with Crippen molar-refractivity contribution in [3.8, 4) is 28.7 Å². The molecule has 4 aromatic rings. The number of aromatic nitrogens is 1. The quantitative estimate of drug-likeness (QED) is 0.183. The van der Waals surface area contributed by atoms with Gasteiger partial charge >= 0.3 is 5.97 Å². The molecule has 8 heteroatoms. The molecule has 0 aliphatic carbocycles. The second-order valence-corrected chi connectivity index (χ2v) is 8.34. The molecule has 0 saturated heterocycles. The molecule has 8 nitrogen and oxygen atoms in total. The first kappa shape index (κ1) is 26.3. The van der Waals surface area contributed by atoms with Gasteiger partial charge in [-0.25, -0.2) is 9.78 Å². The molecule has 1 N–H and O–H groups in total. The zero-order valence-corrected chi connectivity index (χ0v) is 21.5. The Balaban J connectivity index is 1.48. The maximum Gasteiger partial charge on any atom is 0.371 e. The van der Waals surface area contributed by atoms with Gasteiger partial charge in [-0.15, -0.1) is 0 Å². The summed E-state index contributed by atoms with van der Waals surface area (Å²) in [6, 6.07) is 22.5. The summed E-state index contributed by atoms with van der Waals surface area (Å²) in [5, 5.41) is 9.37. The van der Waals surface area contributed by atoms with Gasteiger partial charge in [-0.05, 0) is 55.0 Å². The zero-order chi connectivity index (χ0) is 26.9. The first-order chi connectivity index (χ1) is 18.5. The predicted octanol–water partition coefficient (Wildman–Crippen LogP) is 5.93. The summed E-state index contributed by atoms with van der Waals surface area (Å²) < 4.78 is 28.1. The molecule has 38 heavy (non-hydrogen) atoms. The number of aliphatic carboxylic acids is 1. The minimum atomic E-state index is -1.17. The molecule has 0 saturated carbocycles. The van der Waals surface area contributed by atoms with Crippen molar-refractivity contribution >= 4 is 12.0 Å². The number of nitrogens with zero attached hydrogens (tertiary/aromatic N) is 1. The topological polar surface area (TPSA) is 100 Å². The summed E-state index contributed by atoms with van der Waals surface area (Å²) >= 11 is 0. The highest BCUT2D eigenvalue weighted by Crippen LogP contribution is 2.29. The molecule has 0 radical (unpaired) electrons. The molecule has 196 valence electrons. The highest BCUT2D eigenvalue weighted by molar-refractivity contribution is 5.90. The minimum absolute atomic E-state index is 0.205. The Kier molecular flexibility index (Phi) is 8.66. The van der Waals surface area contributed by atoms with E-state index in [4.69, 9.17) is 23.4 Å². The Morgan fingerprint density at radius 3 is 2.39 bits per heavy atom. The van der Waals surface area contributed by atoms with Gasteiger partial charge in [0, 0.05) is 23.6 Å². The predicted molar refractivity (Wildman–Crippen MR) is 142 cm³/mol. The summed E-state index contributed by atoms with van der Waals surface area (Å²) in [7, 11) is 2.92. The molecule has 0 atom stereocenters. The van der Waals surface area contributed by atoms with Crippen molar-refractivity contribution in [3.63, 3.8) is 0 Å². The Bertz CT molecular complexity index is 1390. The van der Waals surface area contributed by atoms with Gasteiger partial charge in [0.05, 0.1) is 26.5 Å². The van der Waals surface area contributed by atoms with Gasteiger partial charge in [0.15, 0.2) is 0 Å². The molecule has 0 aliphatic rings. The van der Waals surface area contributed by atoms with Crippen molar-refractivity contribution < 1.29 is 33.3 Å². The number of rotatable bonds is 12. The van der Waals surface area contributed by atoms with E-state index < -0.39 is 5.97 Å². The number of benzene rings is 3. The molecule has 0 spiro atoms. The number of carboxylic acid groups (broad SMARTS) is 1. The van der Waals surface area contributed by atoms with Crippen LogP contribution in [-0.4, -0.2) is 36.9 Å². The van der Waals surface area contributed by atoms with E-state index in [1.165, 1.54) is 13.2 Å². The van der Waals surface area contributed by atoms with E-state index in [1.54, 1.807) is 25.3 Å². The van der Waals surface area contributed by atoms with Crippen LogP contribution in [0.3, 0.4) is 0 Å². The van der Waals surface area contributed by atoms with Crippen molar-refractivity contribution in [2.75, 3.05) is 20.8 Å². The summed E-state index contributed by atoms with van der Waals surface area (Å²) in [6.07, 6.45) is 1.97. The first-order valence-electron chi connectivity index (χ1n) is 12.0. The van der Waals surface area contributed by atoms with Crippen molar-refractivity contribution in [2.45, 2.75) is 20.0 Å². The van der Waals surface area contributed by atoms with Crippen LogP contribution in [0.5, 0.6) is 17.2 Å². The van der Waals surface area contributed by atoms with Crippen LogP contribution in [0.2, 0.25) is 0 Å². The third-order valence-corrected chi connectivity index (χ3v) is 5.78. The van der Waals surface area contributed by atoms with Crippen molar-refractivity contribution in [1.29, 1.82) is 0 Å². The third kappa shape index (κ3) is 6.73. The summed E-state index contributed by atoms with van der Waals surface area (Å²) in [5.74, 6) is 1.73. The summed E-state index contributed by atoms with van der Waals surface area (Å²) in [5.41, 5.74) is 3.21. The van der Waals surface area contributed by atoms with Gasteiger partial charge in [0.1, 0.15) is 29.6 Å². The van der Waals surface area contributed by atoms with E-state index in [1.807, 2.05) is 61.5 Å². The summed E-state index contributed by atoms with van der Waals surface area (Å²) in [4.78, 5) is 16.1. The Morgan fingerprint density at radius 1 is 0.974 bits per heavy atom. The normalized spacial score (nSPS) is 11.2. The number of carboxylic acids is 1. The van der Waals surface area contributed by atoms with Crippen LogP contribution in [0.15, 0.2) is 83.0 Å². The molecule has 1 heterocycles. The van der Waals surface area contributed by atoms with E-state index in [2.05, 4.69) is 4.98 Å². The molecule has 0 fully saturated rings. The number of carbonyl (C=O) groups is 1. The number of hydrogen-bond donors (Lipinski definition) is 1. The highest BCUT2D eigenvalue weighted by Gasteiger charge is 2.14. The second kappa shape index (κ2) is 12.5. The Morgan fingerprint density at radius 2 is 1.71 bits per heavy atom. The fourth-order valence-electron chi connectivity index (χ4n) is 3.71. The molecule has 1 aromatic heterocycles. The lowest BCUT2D eigenvalue weighted by atomic mass is 10.1. The van der Waals surface area contributed by atoms with Crippen LogP contribution in [0, 0.1) is 6.92 Å². The van der Waals surface area contributed by atoms with Crippen LogP contribution >= 0.6 is 0 Å². The largest absolute Gasteiger partial charge is 0.497 e. The van der Waals surface area contributed by atoms with Crippen LogP contribution in [0.4, 0.5) is 0 Å². The Labute approximate surface area is 221 Å². The zero-order valence-electron chi connectivity index (χ0n) is 21.5. The molecular formula is C30H29NO7. The number of hydrogen-bond acceptors (Lipinski definition) is 7. The second-order valence-electron chi connectivity index (χ2n) is 8.34. The van der Waals surface area contributed by atoms with Crippen LogP contribution in [0.1, 0.15) is 22.6 Å². The monoisotopic (exact) mass is 515 g/mol. The number of aryl methyl sites for hydroxylation is 1. The number of methoxy groups -OCH3 is 2. The van der Waals surface area contributed by atoms with E-state index in [9.17, 15) is 9.90 Å². The fourth-order valence-corrected chi connectivity index (χ4v) is 3.71. The maximum absolute atomic E-state index is 11.5. The average Bonchev–Trinajstić information content (AvgIpc) is 3.32. The SMILES string of the molecule is CO/C(=C/c1ccc(OCCc2nc(-c3ccccc3)oc2C)cc1OCc1ccc(OC)cc1)C(=O)O. The van der Waals surface area contributed by atoms with Crippen LogP contribution in [0.25, 0.3) is 17.5 Å². The number of ether oxygens (including phenoxy) is 4. The smallest absolute Gasteiger partial charge is 0.371 e. The lowest BCUT2D eigenvalue weighted by Gasteiger charge is -2.13. The van der Waals surface area contributed by atoms with Crippen LogP contribution in [-0.2, 0) is 22.6 Å². The standard InChI is InChI=1S/C30H29NO7/c1-20-26(31-29(38-20)22-7-5-4-6-8-22)15-16-36-25-14-11-23(17-28(35-3)30(32)33)27(18-25)37-19-21-9-12-24(34-2)13-10-21/h4-14,17-18H,15-16,19H2,1-3H3,(H,32,33)/b28-17+. The molecule has 0 amide bonds. The van der Waals surface area contributed by atoms with E-state index in [-0.39, 0.29) is 12.4 Å². The van der Waals surface area contributed by atoms with E-state index in [0.29, 0.717) is 36.0 Å². The van der Waals surface area contributed by atoms with Crippen molar-refractivity contribution in [1.82, 2.24) is 4.98 Å². The molecule has 3 aromatic carbocycles. The molecular weight excluding hydrogens is 486 g/mol. The van der Waals surface area contributed by atoms with E-state index >= 15 is 0 Å². The van der Waals surface area contributed by atoms with Gasteiger partial charge in [-0.2, -0.15) is 0 Å².